The second-order valence-corrected chi connectivity index (χ2v) is 3.22. The lowest BCUT2D eigenvalue weighted by molar-refractivity contribution is -0.137. The fourth-order valence-electron chi connectivity index (χ4n) is 1.02. The zero-order chi connectivity index (χ0) is 8.27. The highest BCUT2D eigenvalue weighted by atomic mass is 31.0. The molecule has 11 heavy (non-hydrogen) atoms. The summed E-state index contributed by atoms with van der Waals surface area (Å²) in [5, 5.41) is 0. The van der Waals surface area contributed by atoms with Crippen LogP contribution in [-0.4, -0.2) is 41.5 Å². The molecule has 4 nitrogen and oxygen atoms in total. The zero-order valence-corrected chi connectivity index (χ0v) is 7.35. The van der Waals surface area contributed by atoms with Gasteiger partial charge in [0.2, 0.25) is 5.91 Å². The molecule has 1 rings (SSSR count). The summed E-state index contributed by atoms with van der Waals surface area (Å²) < 4.78 is 1.94. The van der Waals surface area contributed by atoms with Gasteiger partial charge in [-0.15, -0.1) is 0 Å². The summed E-state index contributed by atoms with van der Waals surface area (Å²) in [6.07, 6.45) is 1.26. The normalized spacial score (nSPS) is 20.5. The first-order chi connectivity index (χ1) is 5.24. The number of carbonyl (C=O) groups excluding carboxylic acids is 2. The van der Waals surface area contributed by atoms with Gasteiger partial charge in [-0.05, 0) is 0 Å². The smallest absolute Gasteiger partial charge is 0.225 e. The molecule has 0 aromatic carbocycles. The number of hydrogen-bond donors (Lipinski definition) is 0. The maximum absolute atomic E-state index is 11.1. The highest BCUT2D eigenvalue weighted by molar-refractivity contribution is 7.13. The van der Waals surface area contributed by atoms with E-state index in [4.69, 9.17) is 0 Å². The van der Waals surface area contributed by atoms with Gasteiger partial charge in [0.15, 0.2) is 0 Å². The Labute approximate surface area is 67.8 Å². The first-order valence-electron chi connectivity index (χ1n) is 3.45. The highest BCUT2D eigenvalue weighted by Gasteiger charge is 2.20. The van der Waals surface area contributed by atoms with Gasteiger partial charge in [-0.2, -0.15) is 0 Å². The third-order valence-electron chi connectivity index (χ3n) is 1.61. The van der Waals surface area contributed by atoms with Crippen LogP contribution in [-0.2, 0) is 9.59 Å². The average molecular weight is 174 g/mol. The molecule has 0 aromatic rings. The van der Waals surface area contributed by atoms with Crippen LogP contribution in [0, 0.1) is 0 Å². The van der Waals surface area contributed by atoms with E-state index in [1.807, 2.05) is 4.67 Å². The molecule has 0 saturated carbocycles. The largest absolute Gasteiger partial charge is 0.322 e. The molecule has 1 aliphatic heterocycles. The van der Waals surface area contributed by atoms with Crippen LogP contribution in [0.1, 0.15) is 6.42 Å². The van der Waals surface area contributed by atoms with Crippen LogP contribution in [0.15, 0.2) is 0 Å². The first-order valence-corrected chi connectivity index (χ1v) is 3.96. The van der Waals surface area contributed by atoms with Gasteiger partial charge in [-0.3, -0.25) is 9.46 Å². The van der Waals surface area contributed by atoms with E-state index in [0.29, 0.717) is 13.1 Å². The number of nitrogens with zero attached hydrogens (tertiary/aromatic N) is 2. The molecule has 1 unspecified atom stereocenters. The minimum absolute atomic E-state index is 0.0656. The van der Waals surface area contributed by atoms with Crippen molar-refractivity contribution in [2.45, 2.75) is 6.42 Å². The lowest BCUT2D eigenvalue weighted by Gasteiger charge is -2.31. The summed E-state index contributed by atoms with van der Waals surface area (Å²) in [7, 11) is 2.52. The molecule has 5 heteroatoms. The van der Waals surface area contributed by atoms with Crippen molar-refractivity contribution < 1.29 is 9.59 Å². The van der Waals surface area contributed by atoms with E-state index in [-0.39, 0.29) is 12.5 Å². The maximum Gasteiger partial charge on any atom is 0.225 e. The summed E-state index contributed by atoms with van der Waals surface area (Å²) in [6, 6.07) is 0. The number of hydrogen-bond acceptors (Lipinski definition) is 3. The van der Waals surface area contributed by atoms with Crippen molar-refractivity contribution in [3.05, 3.63) is 0 Å². The van der Waals surface area contributed by atoms with Crippen LogP contribution in [0.2, 0.25) is 0 Å². The predicted octanol–water partition coefficient (Wildman–Crippen LogP) is -0.533. The topological polar surface area (TPSA) is 40.6 Å². The molecule has 0 radical (unpaired) electrons. The second kappa shape index (κ2) is 3.79. The molecule has 0 aromatic heterocycles. The summed E-state index contributed by atoms with van der Waals surface area (Å²) >= 11 is 0. The van der Waals surface area contributed by atoms with Crippen LogP contribution in [0.4, 0.5) is 0 Å². The molecule has 1 aliphatic rings. The number of carbonyl (C=O) groups is 2. The molecule has 62 valence electrons. The summed E-state index contributed by atoms with van der Waals surface area (Å²) in [5.41, 5.74) is 0. The Morgan fingerprint density at radius 1 is 1.64 bits per heavy atom. The van der Waals surface area contributed by atoms with Gasteiger partial charge in [-0.1, -0.05) is 9.39 Å². The molecule has 0 spiro atoms. The molecule has 0 N–H and O–H groups in total. The average Bonchev–Trinajstić information content (AvgIpc) is 1.98. The second-order valence-electron chi connectivity index (χ2n) is 2.49. The molecule has 1 amide bonds. The third-order valence-corrected chi connectivity index (χ3v) is 2.03. The van der Waals surface area contributed by atoms with Crippen molar-refractivity contribution in [1.82, 2.24) is 9.57 Å². The van der Waals surface area contributed by atoms with Gasteiger partial charge < -0.3 is 9.69 Å². The zero-order valence-electron chi connectivity index (χ0n) is 6.19. The standard InChI is InChI=1S/C6H11N2O2P/c9-4-3-7-5-8(11)2-1-6(7)10/h4H,1-3,5,11H2. The Bertz CT molecular complexity index is 174. The van der Waals surface area contributed by atoms with E-state index < -0.39 is 0 Å². The summed E-state index contributed by atoms with van der Waals surface area (Å²) in [4.78, 5) is 22.7. The van der Waals surface area contributed by atoms with Gasteiger partial charge in [0.05, 0.1) is 13.2 Å². The highest BCUT2D eigenvalue weighted by Crippen LogP contribution is 2.09. The van der Waals surface area contributed by atoms with Gasteiger partial charge in [0, 0.05) is 13.0 Å². The van der Waals surface area contributed by atoms with Gasteiger partial charge >= 0.3 is 0 Å². The van der Waals surface area contributed by atoms with Crippen molar-refractivity contribution in [2.75, 3.05) is 19.8 Å². The van der Waals surface area contributed by atoms with Gasteiger partial charge in [0.1, 0.15) is 6.29 Å². The minimum atomic E-state index is 0.0656. The van der Waals surface area contributed by atoms with Crippen LogP contribution in [0.25, 0.3) is 0 Å². The molecular formula is C6H11N2O2P. The van der Waals surface area contributed by atoms with Crippen LogP contribution in [0.5, 0.6) is 0 Å². The Kier molecular flexibility index (Phi) is 2.97. The van der Waals surface area contributed by atoms with E-state index >= 15 is 0 Å². The number of amides is 1. The predicted molar refractivity (Wildman–Crippen MR) is 43.7 cm³/mol. The molecular weight excluding hydrogens is 163 g/mol. The van der Waals surface area contributed by atoms with E-state index in [1.54, 1.807) is 0 Å². The van der Waals surface area contributed by atoms with Crippen molar-refractivity contribution in [3.8, 4) is 0 Å². The van der Waals surface area contributed by atoms with Crippen LogP contribution < -0.4 is 0 Å². The van der Waals surface area contributed by atoms with Gasteiger partial charge in [-0.25, -0.2) is 0 Å². The van der Waals surface area contributed by atoms with Crippen molar-refractivity contribution in [3.63, 3.8) is 0 Å². The molecule has 1 atom stereocenters. The molecule has 0 aliphatic carbocycles. The van der Waals surface area contributed by atoms with Crippen LogP contribution in [0.3, 0.4) is 0 Å². The maximum atomic E-state index is 11.1. The monoisotopic (exact) mass is 174 g/mol. The molecule has 0 bridgehead atoms. The lowest BCUT2D eigenvalue weighted by Crippen LogP contribution is -2.44. The van der Waals surface area contributed by atoms with E-state index in [2.05, 4.69) is 9.39 Å². The first kappa shape index (κ1) is 8.62. The Morgan fingerprint density at radius 2 is 2.36 bits per heavy atom. The fraction of sp³-hybridized carbons (Fsp3) is 0.667. The fourth-order valence-corrected chi connectivity index (χ4v) is 1.34. The van der Waals surface area contributed by atoms with E-state index in [0.717, 1.165) is 12.8 Å². The number of rotatable bonds is 2. The lowest BCUT2D eigenvalue weighted by atomic mass is 10.3. The SMILES string of the molecule is O=CCN1CN(P)CCC1=O. The Balaban J connectivity index is 2.46. The molecule has 1 fully saturated rings. The molecule has 1 heterocycles. The molecule has 1 saturated heterocycles. The quantitative estimate of drug-likeness (QED) is 0.417. The Morgan fingerprint density at radius 3 is 3.00 bits per heavy atom. The van der Waals surface area contributed by atoms with Gasteiger partial charge in [0.25, 0.3) is 0 Å². The van der Waals surface area contributed by atoms with E-state index in [1.165, 1.54) is 4.90 Å². The van der Waals surface area contributed by atoms with Crippen molar-refractivity contribution in [1.29, 1.82) is 0 Å². The number of aldehydes is 1. The summed E-state index contributed by atoms with van der Waals surface area (Å²) in [6.45, 7) is 1.52. The summed E-state index contributed by atoms with van der Waals surface area (Å²) in [5.74, 6) is 0.0656. The van der Waals surface area contributed by atoms with E-state index in [9.17, 15) is 9.59 Å². The minimum Gasteiger partial charge on any atom is -0.322 e. The van der Waals surface area contributed by atoms with Crippen LogP contribution >= 0.6 is 9.39 Å². The Hall–Kier alpha value is -0.470. The third kappa shape index (κ3) is 2.24. The van der Waals surface area contributed by atoms with Crippen molar-refractivity contribution in [2.24, 2.45) is 0 Å². The van der Waals surface area contributed by atoms with Crippen molar-refractivity contribution >= 4 is 21.6 Å².